The molecule has 0 radical (unpaired) electrons. The number of benzene rings is 1. The van der Waals surface area contributed by atoms with Gasteiger partial charge in [-0.25, -0.2) is 14.5 Å². The Hall–Kier alpha value is -1.34. The Morgan fingerprint density at radius 2 is 2.30 bits per heavy atom. The molecule has 7 heteroatoms. The topological polar surface area (TPSA) is 68.0 Å². The highest BCUT2D eigenvalue weighted by Crippen LogP contribution is 2.27. The second-order valence-corrected chi connectivity index (χ2v) is 6.04. The van der Waals surface area contributed by atoms with Crippen LogP contribution in [0.25, 0.3) is 0 Å². The van der Waals surface area contributed by atoms with Crippen LogP contribution in [0, 0.1) is 0 Å². The first kappa shape index (κ1) is 15.1. The van der Waals surface area contributed by atoms with Gasteiger partial charge in [-0.3, -0.25) is 0 Å². The van der Waals surface area contributed by atoms with Crippen molar-refractivity contribution in [3.63, 3.8) is 0 Å². The molecule has 1 heterocycles. The van der Waals surface area contributed by atoms with Gasteiger partial charge in [-0.1, -0.05) is 6.92 Å². The van der Waals surface area contributed by atoms with Crippen LogP contribution in [-0.2, 0) is 12.3 Å². The number of thioether (sulfide) groups is 1. The smallest absolute Gasteiger partial charge is 0.336 e. The Morgan fingerprint density at radius 3 is 3.00 bits per heavy atom. The van der Waals surface area contributed by atoms with Gasteiger partial charge in [0, 0.05) is 15.9 Å². The number of aromatic nitrogens is 3. The van der Waals surface area contributed by atoms with Crippen LogP contribution >= 0.6 is 27.7 Å². The SMILES string of the molecule is CCCn1ncnc1CSc1ccc(Br)c(C(=O)O)c1. The third-order valence-corrected chi connectivity index (χ3v) is 4.35. The van der Waals surface area contributed by atoms with E-state index in [0.717, 1.165) is 23.7 Å². The Balaban J connectivity index is 2.09. The minimum atomic E-state index is -0.937. The lowest BCUT2D eigenvalue weighted by Gasteiger charge is -2.06. The Bertz CT molecular complexity index is 615. The van der Waals surface area contributed by atoms with E-state index in [1.807, 2.05) is 10.7 Å². The molecule has 2 rings (SSSR count). The molecule has 1 aromatic carbocycles. The summed E-state index contributed by atoms with van der Waals surface area (Å²) >= 11 is 4.79. The fraction of sp³-hybridized carbons (Fsp3) is 0.308. The van der Waals surface area contributed by atoms with Gasteiger partial charge < -0.3 is 5.11 Å². The van der Waals surface area contributed by atoms with Gasteiger partial charge in [0.05, 0.1) is 11.3 Å². The fourth-order valence-electron chi connectivity index (χ4n) is 1.70. The van der Waals surface area contributed by atoms with E-state index in [-0.39, 0.29) is 5.56 Å². The van der Waals surface area contributed by atoms with Gasteiger partial charge >= 0.3 is 5.97 Å². The average Bonchev–Trinajstić information content (AvgIpc) is 2.85. The van der Waals surface area contributed by atoms with Gasteiger partial charge in [0.1, 0.15) is 12.2 Å². The second kappa shape index (κ2) is 6.90. The normalized spacial score (nSPS) is 10.7. The lowest BCUT2D eigenvalue weighted by Crippen LogP contribution is -2.04. The number of hydrogen-bond acceptors (Lipinski definition) is 4. The third kappa shape index (κ3) is 3.61. The van der Waals surface area contributed by atoms with Crippen LogP contribution in [0.5, 0.6) is 0 Å². The molecule has 0 aliphatic rings. The molecule has 0 spiro atoms. The summed E-state index contributed by atoms with van der Waals surface area (Å²) in [6.07, 6.45) is 2.55. The first-order chi connectivity index (χ1) is 9.61. The Labute approximate surface area is 129 Å². The minimum Gasteiger partial charge on any atom is -0.478 e. The van der Waals surface area contributed by atoms with Gasteiger partial charge in [0.2, 0.25) is 0 Å². The number of aryl methyl sites for hydroxylation is 1. The van der Waals surface area contributed by atoms with Crippen LogP contribution in [0.4, 0.5) is 0 Å². The largest absolute Gasteiger partial charge is 0.478 e. The number of nitrogens with zero attached hydrogens (tertiary/aromatic N) is 3. The molecule has 0 aliphatic heterocycles. The van der Waals surface area contributed by atoms with Gasteiger partial charge in [-0.15, -0.1) is 11.8 Å². The van der Waals surface area contributed by atoms with Crippen LogP contribution in [-0.4, -0.2) is 25.8 Å². The van der Waals surface area contributed by atoms with Crippen LogP contribution < -0.4 is 0 Å². The number of carboxylic acid groups (broad SMARTS) is 1. The van der Waals surface area contributed by atoms with E-state index in [0.29, 0.717) is 10.2 Å². The van der Waals surface area contributed by atoms with Crippen molar-refractivity contribution < 1.29 is 9.90 Å². The lowest BCUT2D eigenvalue weighted by molar-refractivity contribution is 0.0695. The van der Waals surface area contributed by atoms with E-state index in [4.69, 9.17) is 5.11 Å². The molecule has 1 aromatic heterocycles. The predicted molar refractivity (Wildman–Crippen MR) is 81.0 cm³/mol. The number of aromatic carboxylic acids is 1. The number of hydrogen-bond donors (Lipinski definition) is 1. The summed E-state index contributed by atoms with van der Waals surface area (Å²) in [5.74, 6) is 0.630. The molecule has 0 bridgehead atoms. The fourth-order valence-corrected chi connectivity index (χ4v) is 3.01. The first-order valence-electron chi connectivity index (χ1n) is 6.14. The zero-order valence-corrected chi connectivity index (χ0v) is 13.3. The molecule has 106 valence electrons. The summed E-state index contributed by atoms with van der Waals surface area (Å²) < 4.78 is 2.47. The second-order valence-electron chi connectivity index (χ2n) is 4.13. The molecule has 0 saturated carbocycles. The monoisotopic (exact) mass is 355 g/mol. The zero-order valence-electron chi connectivity index (χ0n) is 10.9. The summed E-state index contributed by atoms with van der Waals surface area (Å²) in [4.78, 5) is 16.2. The Kier molecular flexibility index (Phi) is 5.19. The first-order valence-corrected chi connectivity index (χ1v) is 7.92. The number of rotatable bonds is 6. The molecule has 2 aromatic rings. The third-order valence-electron chi connectivity index (χ3n) is 2.67. The molecule has 0 fully saturated rings. The number of carbonyl (C=O) groups is 1. The van der Waals surface area contributed by atoms with E-state index in [9.17, 15) is 4.79 Å². The molecule has 0 atom stereocenters. The minimum absolute atomic E-state index is 0.269. The van der Waals surface area contributed by atoms with Crippen LogP contribution in [0.2, 0.25) is 0 Å². The summed E-state index contributed by atoms with van der Waals surface area (Å²) in [5.41, 5.74) is 0.269. The number of carboxylic acids is 1. The van der Waals surface area contributed by atoms with Crippen molar-refractivity contribution >= 4 is 33.7 Å². The van der Waals surface area contributed by atoms with Crippen molar-refractivity contribution in [3.8, 4) is 0 Å². The van der Waals surface area contributed by atoms with Gasteiger partial charge in [0.15, 0.2) is 0 Å². The van der Waals surface area contributed by atoms with Crippen molar-refractivity contribution in [2.24, 2.45) is 0 Å². The molecule has 0 amide bonds. The van der Waals surface area contributed by atoms with Gasteiger partial charge in [-0.05, 0) is 40.5 Å². The highest BCUT2D eigenvalue weighted by Gasteiger charge is 2.10. The molecule has 0 aliphatic carbocycles. The van der Waals surface area contributed by atoms with Crippen LogP contribution in [0.1, 0.15) is 29.5 Å². The highest BCUT2D eigenvalue weighted by atomic mass is 79.9. The van der Waals surface area contributed by atoms with E-state index in [1.54, 1.807) is 30.2 Å². The number of halogens is 1. The summed E-state index contributed by atoms with van der Waals surface area (Å²) in [6.45, 7) is 2.93. The average molecular weight is 356 g/mol. The zero-order chi connectivity index (χ0) is 14.5. The van der Waals surface area contributed by atoms with Crippen molar-refractivity contribution in [3.05, 3.63) is 40.4 Å². The quantitative estimate of drug-likeness (QED) is 0.803. The van der Waals surface area contributed by atoms with E-state index >= 15 is 0 Å². The molecule has 5 nitrogen and oxygen atoms in total. The van der Waals surface area contributed by atoms with Crippen molar-refractivity contribution in [1.82, 2.24) is 14.8 Å². The molecular formula is C13H14BrN3O2S. The van der Waals surface area contributed by atoms with Gasteiger partial charge in [0.25, 0.3) is 0 Å². The molecular weight excluding hydrogens is 342 g/mol. The standard InChI is InChI=1S/C13H14BrN3O2S/c1-2-5-17-12(15-8-16-17)7-20-9-3-4-11(14)10(6-9)13(18)19/h3-4,6,8H,2,5,7H2,1H3,(H,18,19). The maximum absolute atomic E-state index is 11.1. The maximum Gasteiger partial charge on any atom is 0.336 e. The summed E-state index contributed by atoms with van der Waals surface area (Å²) in [5, 5.41) is 13.3. The lowest BCUT2D eigenvalue weighted by atomic mass is 10.2. The molecule has 1 N–H and O–H groups in total. The van der Waals surface area contributed by atoms with E-state index in [1.165, 1.54) is 0 Å². The van der Waals surface area contributed by atoms with Crippen LogP contribution in [0.3, 0.4) is 0 Å². The van der Waals surface area contributed by atoms with E-state index < -0.39 is 5.97 Å². The van der Waals surface area contributed by atoms with Crippen molar-refractivity contribution in [2.45, 2.75) is 30.5 Å². The van der Waals surface area contributed by atoms with E-state index in [2.05, 4.69) is 32.9 Å². The summed E-state index contributed by atoms with van der Waals surface area (Å²) in [6, 6.07) is 5.31. The van der Waals surface area contributed by atoms with Crippen molar-refractivity contribution in [2.75, 3.05) is 0 Å². The van der Waals surface area contributed by atoms with Crippen LogP contribution in [0.15, 0.2) is 33.9 Å². The van der Waals surface area contributed by atoms with Gasteiger partial charge in [-0.2, -0.15) is 5.10 Å². The molecule has 20 heavy (non-hydrogen) atoms. The predicted octanol–water partition coefficient (Wildman–Crippen LogP) is 3.44. The summed E-state index contributed by atoms with van der Waals surface area (Å²) in [7, 11) is 0. The molecule has 0 saturated heterocycles. The Morgan fingerprint density at radius 1 is 1.50 bits per heavy atom. The molecule has 0 unspecified atom stereocenters. The van der Waals surface area contributed by atoms with Crippen molar-refractivity contribution in [1.29, 1.82) is 0 Å². The highest BCUT2D eigenvalue weighted by molar-refractivity contribution is 9.10. The maximum atomic E-state index is 11.1.